The monoisotopic (exact) mass is 507 g/mol. The van der Waals surface area contributed by atoms with E-state index in [9.17, 15) is 9.90 Å². The molecule has 0 bridgehead atoms. The fraction of sp³-hybridized carbons (Fsp3) is 0.567. The number of ether oxygens (including phenoxy) is 2. The molecule has 0 atom stereocenters. The normalized spacial score (nSPS) is 18.6. The first-order valence-electron chi connectivity index (χ1n) is 13.9. The highest BCUT2D eigenvalue weighted by molar-refractivity contribution is 5.93. The van der Waals surface area contributed by atoms with Crippen LogP contribution in [0.3, 0.4) is 0 Å². The molecule has 3 aliphatic rings. The number of benzene rings is 2. The average molecular weight is 508 g/mol. The Balaban J connectivity index is 1.43. The van der Waals surface area contributed by atoms with E-state index in [4.69, 9.17) is 9.47 Å². The predicted molar refractivity (Wildman–Crippen MR) is 148 cm³/mol. The van der Waals surface area contributed by atoms with E-state index in [1.807, 2.05) is 13.0 Å². The first-order chi connectivity index (χ1) is 18.0. The summed E-state index contributed by atoms with van der Waals surface area (Å²) in [7, 11) is 0. The molecule has 0 radical (unpaired) electrons. The molecule has 2 aromatic rings. The van der Waals surface area contributed by atoms with Crippen LogP contribution in [0.5, 0.6) is 0 Å². The van der Waals surface area contributed by atoms with E-state index < -0.39 is 5.97 Å². The van der Waals surface area contributed by atoms with Gasteiger partial charge in [-0.2, -0.15) is 0 Å². The molecule has 0 saturated carbocycles. The van der Waals surface area contributed by atoms with Gasteiger partial charge < -0.3 is 29.3 Å². The Bertz CT molecular complexity index is 1110. The van der Waals surface area contributed by atoms with Crippen LogP contribution in [0.15, 0.2) is 30.3 Å². The summed E-state index contributed by atoms with van der Waals surface area (Å²) >= 11 is 0. The SMILES string of the molecule is CCN(c1ccc2c(c1)CN(c1cc(C(=O)O)c(C)c(N(CC)C3CCOCC3)c1)C2)C1CCOCC1. The number of hydrogen-bond acceptors (Lipinski definition) is 6. The lowest BCUT2D eigenvalue weighted by molar-refractivity contribution is 0.0695. The molecule has 3 heterocycles. The zero-order valence-corrected chi connectivity index (χ0v) is 22.5. The first-order valence-corrected chi connectivity index (χ1v) is 13.9. The molecule has 3 aliphatic heterocycles. The zero-order chi connectivity index (χ0) is 25.9. The van der Waals surface area contributed by atoms with Crippen molar-refractivity contribution in [1.82, 2.24) is 0 Å². The van der Waals surface area contributed by atoms with E-state index in [1.165, 1.54) is 16.8 Å². The Labute approximate surface area is 221 Å². The molecule has 2 saturated heterocycles. The van der Waals surface area contributed by atoms with Crippen LogP contribution in [0.25, 0.3) is 0 Å². The highest BCUT2D eigenvalue weighted by Gasteiger charge is 2.28. The van der Waals surface area contributed by atoms with Gasteiger partial charge in [0.2, 0.25) is 0 Å². The van der Waals surface area contributed by atoms with Gasteiger partial charge in [-0.1, -0.05) is 6.07 Å². The standard InChI is InChI=1S/C30H41N3O4/c1-4-32(24-8-12-36-13-9-24)26-7-6-22-19-31(20-23(22)16-26)27-17-28(30(34)35)21(3)29(18-27)33(5-2)25-10-14-37-15-11-25/h6-7,16-18,24-25H,4-5,8-15,19-20H2,1-3H3,(H,34,35). The molecule has 7 heteroatoms. The maximum Gasteiger partial charge on any atom is 0.336 e. The number of carboxylic acid groups (broad SMARTS) is 1. The average Bonchev–Trinajstić information content (AvgIpc) is 3.35. The summed E-state index contributed by atoms with van der Waals surface area (Å²) < 4.78 is 11.2. The Morgan fingerprint density at radius 1 is 0.892 bits per heavy atom. The highest BCUT2D eigenvalue weighted by atomic mass is 16.5. The van der Waals surface area contributed by atoms with Gasteiger partial charge in [0.25, 0.3) is 0 Å². The number of nitrogens with zero attached hydrogens (tertiary/aromatic N) is 3. The fourth-order valence-electron chi connectivity index (χ4n) is 6.40. The Morgan fingerprint density at radius 2 is 1.49 bits per heavy atom. The van der Waals surface area contributed by atoms with Gasteiger partial charge in [0, 0.05) is 81.8 Å². The van der Waals surface area contributed by atoms with Gasteiger partial charge in [-0.25, -0.2) is 4.79 Å². The van der Waals surface area contributed by atoms with Crippen LogP contribution in [0.1, 0.15) is 66.6 Å². The van der Waals surface area contributed by atoms with Crippen LogP contribution in [0.2, 0.25) is 0 Å². The Kier molecular flexibility index (Phi) is 7.91. The maximum atomic E-state index is 12.3. The van der Waals surface area contributed by atoms with Crippen molar-refractivity contribution in [2.45, 2.75) is 71.6 Å². The van der Waals surface area contributed by atoms with E-state index in [0.29, 0.717) is 17.6 Å². The molecule has 0 spiro atoms. The van der Waals surface area contributed by atoms with Crippen molar-refractivity contribution < 1.29 is 19.4 Å². The summed E-state index contributed by atoms with van der Waals surface area (Å²) in [5.74, 6) is -0.863. The quantitative estimate of drug-likeness (QED) is 0.525. The van der Waals surface area contributed by atoms with Crippen LogP contribution in [-0.4, -0.2) is 62.7 Å². The Hall–Kier alpha value is -2.77. The van der Waals surface area contributed by atoms with Gasteiger partial charge in [-0.05, 0) is 87.4 Å². The second kappa shape index (κ2) is 11.3. The molecule has 37 heavy (non-hydrogen) atoms. The van der Waals surface area contributed by atoms with Gasteiger partial charge in [-0.15, -0.1) is 0 Å². The minimum atomic E-state index is -0.863. The van der Waals surface area contributed by atoms with Crippen molar-refractivity contribution in [2.75, 3.05) is 54.2 Å². The largest absolute Gasteiger partial charge is 0.478 e. The number of aromatic carboxylic acids is 1. The molecule has 2 aromatic carbocycles. The molecule has 200 valence electrons. The number of carbonyl (C=O) groups is 1. The van der Waals surface area contributed by atoms with E-state index in [1.54, 1.807) is 0 Å². The smallest absolute Gasteiger partial charge is 0.336 e. The van der Waals surface area contributed by atoms with Crippen molar-refractivity contribution in [3.8, 4) is 0 Å². The molecule has 1 N–H and O–H groups in total. The van der Waals surface area contributed by atoms with Crippen LogP contribution < -0.4 is 14.7 Å². The van der Waals surface area contributed by atoms with Crippen molar-refractivity contribution in [3.05, 3.63) is 52.6 Å². The second-order valence-corrected chi connectivity index (χ2v) is 10.5. The van der Waals surface area contributed by atoms with Crippen molar-refractivity contribution in [1.29, 1.82) is 0 Å². The lowest BCUT2D eigenvalue weighted by Gasteiger charge is -2.37. The summed E-state index contributed by atoms with van der Waals surface area (Å²) in [6.07, 6.45) is 4.09. The topological polar surface area (TPSA) is 65.5 Å². The van der Waals surface area contributed by atoms with Crippen molar-refractivity contribution >= 4 is 23.0 Å². The van der Waals surface area contributed by atoms with Gasteiger partial charge in [0.15, 0.2) is 0 Å². The van der Waals surface area contributed by atoms with Crippen LogP contribution in [0.4, 0.5) is 17.1 Å². The van der Waals surface area contributed by atoms with Crippen LogP contribution in [0, 0.1) is 6.92 Å². The minimum absolute atomic E-state index is 0.373. The second-order valence-electron chi connectivity index (χ2n) is 10.5. The molecule has 5 rings (SSSR count). The Morgan fingerprint density at radius 3 is 2.08 bits per heavy atom. The van der Waals surface area contributed by atoms with Gasteiger partial charge >= 0.3 is 5.97 Å². The van der Waals surface area contributed by atoms with E-state index in [-0.39, 0.29) is 0 Å². The number of rotatable bonds is 8. The van der Waals surface area contributed by atoms with Crippen molar-refractivity contribution in [2.24, 2.45) is 0 Å². The predicted octanol–water partition coefficient (Wildman–Crippen LogP) is 5.22. The summed E-state index contributed by atoms with van der Waals surface area (Å²) in [4.78, 5) is 19.5. The van der Waals surface area contributed by atoms with Crippen LogP contribution in [-0.2, 0) is 22.6 Å². The highest BCUT2D eigenvalue weighted by Crippen LogP contribution is 2.37. The summed E-state index contributed by atoms with van der Waals surface area (Å²) in [5.41, 5.74) is 7.20. The zero-order valence-electron chi connectivity index (χ0n) is 22.5. The van der Waals surface area contributed by atoms with Crippen LogP contribution >= 0.6 is 0 Å². The van der Waals surface area contributed by atoms with E-state index in [2.05, 4.69) is 52.8 Å². The fourth-order valence-corrected chi connectivity index (χ4v) is 6.40. The number of anilines is 3. The van der Waals surface area contributed by atoms with Gasteiger partial charge in [-0.3, -0.25) is 0 Å². The molecule has 2 fully saturated rings. The third-order valence-electron chi connectivity index (χ3n) is 8.46. The maximum absolute atomic E-state index is 12.3. The molecule has 0 aliphatic carbocycles. The molecular formula is C30H41N3O4. The van der Waals surface area contributed by atoms with E-state index in [0.717, 1.165) is 95.2 Å². The number of carboxylic acids is 1. The molecule has 7 nitrogen and oxygen atoms in total. The molecular weight excluding hydrogens is 466 g/mol. The molecule has 0 amide bonds. The molecule has 0 unspecified atom stereocenters. The van der Waals surface area contributed by atoms with Gasteiger partial charge in [0.05, 0.1) is 5.56 Å². The number of hydrogen-bond donors (Lipinski definition) is 1. The summed E-state index contributed by atoms with van der Waals surface area (Å²) in [6, 6.07) is 11.9. The third kappa shape index (κ3) is 5.30. The first kappa shape index (κ1) is 25.9. The summed E-state index contributed by atoms with van der Waals surface area (Å²) in [5, 5.41) is 10.1. The third-order valence-corrected chi connectivity index (χ3v) is 8.46. The lowest BCUT2D eigenvalue weighted by atomic mass is 10.00. The number of fused-ring (bicyclic) bond motifs is 1. The van der Waals surface area contributed by atoms with Crippen molar-refractivity contribution in [3.63, 3.8) is 0 Å². The van der Waals surface area contributed by atoms with E-state index >= 15 is 0 Å². The molecule has 0 aromatic heterocycles. The summed E-state index contributed by atoms with van der Waals surface area (Å²) in [6.45, 7) is 13.0. The van der Waals surface area contributed by atoms with Gasteiger partial charge in [0.1, 0.15) is 0 Å². The lowest BCUT2D eigenvalue weighted by Crippen LogP contribution is -2.40. The minimum Gasteiger partial charge on any atom is -0.478 e.